The van der Waals surface area contributed by atoms with E-state index in [2.05, 4.69) is 13.2 Å². The number of esters is 2. The molecule has 0 fully saturated rings. The van der Waals surface area contributed by atoms with Crippen molar-refractivity contribution in [3.63, 3.8) is 0 Å². The first-order valence-electron chi connectivity index (χ1n) is 5.68. The van der Waals surface area contributed by atoms with E-state index in [0.29, 0.717) is 24.2 Å². The largest absolute Gasteiger partial charge is 0.461 e. The predicted molar refractivity (Wildman–Crippen MR) is 69.0 cm³/mol. The summed E-state index contributed by atoms with van der Waals surface area (Å²) in [6, 6.07) is 0. The van der Waals surface area contributed by atoms with E-state index in [-0.39, 0.29) is 13.2 Å². The number of hydrogen-bond acceptors (Lipinski definition) is 5. The van der Waals surface area contributed by atoms with Gasteiger partial charge in [0.05, 0.1) is 0 Å². The van der Waals surface area contributed by atoms with E-state index in [4.69, 9.17) is 9.47 Å². The fourth-order valence-corrected chi connectivity index (χ4v) is 0.947. The lowest BCUT2D eigenvalue weighted by molar-refractivity contribution is -0.139. The quantitative estimate of drug-likeness (QED) is 0.481. The molecular formula is C13H21NO4. The molecule has 0 rings (SSSR count). The van der Waals surface area contributed by atoms with Crippen molar-refractivity contribution >= 4 is 11.9 Å². The van der Waals surface area contributed by atoms with E-state index in [1.807, 2.05) is 11.9 Å². The number of likely N-dealkylation sites (N-methyl/N-ethyl adjacent to an activating group) is 1. The van der Waals surface area contributed by atoms with Gasteiger partial charge in [-0.15, -0.1) is 0 Å². The molecule has 5 heteroatoms. The monoisotopic (exact) mass is 255 g/mol. The molecule has 0 saturated heterocycles. The lowest BCUT2D eigenvalue weighted by Gasteiger charge is -2.16. The molecule has 0 aliphatic carbocycles. The Morgan fingerprint density at radius 3 is 1.56 bits per heavy atom. The van der Waals surface area contributed by atoms with Gasteiger partial charge < -0.3 is 9.47 Å². The molecule has 0 radical (unpaired) electrons. The Hall–Kier alpha value is -1.62. The summed E-state index contributed by atoms with van der Waals surface area (Å²) in [4.78, 5) is 24.1. The number of nitrogens with zero attached hydrogens (tertiary/aromatic N) is 1. The number of carbonyl (C=O) groups is 2. The predicted octanol–water partition coefficient (Wildman–Crippen LogP) is 1.16. The van der Waals surface area contributed by atoms with Gasteiger partial charge >= 0.3 is 11.9 Å². The number of ether oxygens (including phenoxy) is 2. The average Bonchev–Trinajstić information content (AvgIpc) is 2.28. The minimum Gasteiger partial charge on any atom is -0.461 e. The molecule has 0 heterocycles. The van der Waals surface area contributed by atoms with Crippen molar-refractivity contribution in [3.05, 3.63) is 24.3 Å². The molecule has 0 bridgehead atoms. The van der Waals surface area contributed by atoms with Crippen LogP contribution in [0.5, 0.6) is 0 Å². The van der Waals surface area contributed by atoms with E-state index in [9.17, 15) is 9.59 Å². The Labute approximate surface area is 108 Å². The average molecular weight is 255 g/mol. The molecule has 0 N–H and O–H groups in total. The Morgan fingerprint density at radius 2 is 1.28 bits per heavy atom. The van der Waals surface area contributed by atoms with Crippen molar-refractivity contribution in [1.29, 1.82) is 0 Å². The van der Waals surface area contributed by atoms with Crippen LogP contribution in [-0.4, -0.2) is 50.2 Å². The van der Waals surface area contributed by atoms with Crippen LogP contribution in [0.15, 0.2) is 24.3 Å². The molecule has 0 unspecified atom stereocenters. The molecule has 0 aliphatic rings. The molecule has 0 aromatic rings. The first-order valence-corrected chi connectivity index (χ1v) is 5.68. The van der Waals surface area contributed by atoms with Gasteiger partial charge in [0.15, 0.2) is 0 Å². The lowest BCUT2D eigenvalue weighted by atomic mass is 10.4. The standard InChI is InChI=1S/C13H21NO4/c1-10(2)12(15)17-8-6-14(5)7-9-18-13(16)11(3)4/h1,3,6-9H2,2,4-5H3. The van der Waals surface area contributed by atoms with Gasteiger partial charge in [0.1, 0.15) is 13.2 Å². The Bertz CT molecular complexity index is 304. The van der Waals surface area contributed by atoms with Crippen LogP contribution in [0.1, 0.15) is 13.8 Å². The molecule has 18 heavy (non-hydrogen) atoms. The maximum absolute atomic E-state index is 11.1. The molecule has 0 aromatic carbocycles. The molecular weight excluding hydrogens is 234 g/mol. The lowest BCUT2D eigenvalue weighted by Crippen LogP contribution is -2.28. The van der Waals surface area contributed by atoms with Crippen LogP contribution in [-0.2, 0) is 19.1 Å². The van der Waals surface area contributed by atoms with Gasteiger partial charge in [0.2, 0.25) is 0 Å². The van der Waals surface area contributed by atoms with Gasteiger partial charge in [-0.2, -0.15) is 0 Å². The molecule has 5 nitrogen and oxygen atoms in total. The maximum atomic E-state index is 11.1. The Balaban J connectivity index is 3.63. The molecule has 0 spiro atoms. The van der Waals surface area contributed by atoms with Crippen LogP contribution in [0.25, 0.3) is 0 Å². The molecule has 0 aromatic heterocycles. The fraction of sp³-hybridized carbons (Fsp3) is 0.538. The summed E-state index contributed by atoms with van der Waals surface area (Å²) < 4.78 is 9.88. The van der Waals surface area contributed by atoms with Crippen LogP contribution < -0.4 is 0 Å². The third-order valence-electron chi connectivity index (χ3n) is 2.11. The summed E-state index contributed by atoms with van der Waals surface area (Å²) in [5, 5.41) is 0. The normalized spacial score (nSPS) is 10.0. The second-order valence-electron chi connectivity index (χ2n) is 4.14. The van der Waals surface area contributed by atoms with Gasteiger partial charge in [-0.05, 0) is 20.9 Å². The molecule has 0 saturated carbocycles. The van der Waals surface area contributed by atoms with Crippen molar-refractivity contribution in [3.8, 4) is 0 Å². The van der Waals surface area contributed by atoms with Crippen molar-refractivity contribution in [1.82, 2.24) is 4.90 Å². The first-order chi connectivity index (χ1) is 8.34. The Kier molecular flexibility index (Phi) is 7.71. The van der Waals surface area contributed by atoms with Crippen molar-refractivity contribution in [2.45, 2.75) is 13.8 Å². The van der Waals surface area contributed by atoms with Crippen LogP contribution in [0.2, 0.25) is 0 Å². The van der Waals surface area contributed by atoms with Crippen LogP contribution in [0.3, 0.4) is 0 Å². The summed E-state index contributed by atoms with van der Waals surface area (Å²) in [7, 11) is 1.85. The SMILES string of the molecule is C=C(C)C(=O)OCCN(C)CCOC(=O)C(=C)C. The molecule has 0 aliphatic heterocycles. The van der Waals surface area contributed by atoms with E-state index >= 15 is 0 Å². The zero-order valence-electron chi connectivity index (χ0n) is 11.3. The van der Waals surface area contributed by atoms with Gasteiger partial charge in [-0.1, -0.05) is 13.2 Å². The zero-order chi connectivity index (χ0) is 14.1. The highest BCUT2D eigenvalue weighted by molar-refractivity contribution is 5.87. The number of carbonyl (C=O) groups excluding carboxylic acids is 2. The van der Waals surface area contributed by atoms with Gasteiger partial charge in [0, 0.05) is 24.2 Å². The highest BCUT2D eigenvalue weighted by Gasteiger charge is 2.06. The number of rotatable bonds is 8. The third-order valence-corrected chi connectivity index (χ3v) is 2.11. The van der Waals surface area contributed by atoms with E-state index < -0.39 is 11.9 Å². The second kappa shape index (κ2) is 8.47. The van der Waals surface area contributed by atoms with Gasteiger partial charge in [-0.3, -0.25) is 4.90 Å². The van der Waals surface area contributed by atoms with Gasteiger partial charge in [-0.25, -0.2) is 9.59 Å². The smallest absolute Gasteiger partial charge is 0.333 e. The minimum absolute atomic E-state index is 0.288. The van der Waals surface area contributed by atoms with Crippen molar-refractivity contribution in [2.75, 3.05) is 33.4 Å². The maximum Gasteiger partial charge on any atom is 0.333 e. The fourth-order valence-electron chi connectivity index (χ4n) is 0.947. The second-order valence-corrected chi connectivity index (χ2v) is 4.14. The Morgan fingerprint density at radius 1 is 0.944 bits per heavy atom. The summed E-state index contributed by atoms with van der Waals surface area (Å²) in [5.74, 6) is -0.783. The summed E-state index contributed by atoms with van der Waals surface area (Å²) in [6.45, 7) is 11.9. The zero-order valence-corrected chi connectivity index (χ0v) is 11.3. The van der Waals surface area contributed by atoms with Crippen molar-refractivity contribution < 1.29 is 19.1 Å². The molecule has 0 atom stereocenters. The third kappa shape index (κ3) is 7.62. The minimum atomic E-state index is -0.392. The highest BCUT2D eigenvalue weighted by atomic mass is 16.5. The summed E-state index contributed by atoms with van der Waals surface area (Å²) in [5.41, 5.74) is 0.765. The highest BCUT2D eigenvalue weighted by Crippen LogP contribution is 1.94. The van der Waals surface area contributed by atoms with E-state index in [0.717, 1.165) is 0 Å². The van der Waals surface area contributed by atoms with E-state index in [1.54, 1.807) is 13.8 Å². The van der Waals surface area contributed by atoms with Crippen LogP contribution in [0, 0.1) is 0 Å². The summed E-state index contributed by atoms with van der Waals surface area (Å²) in [6.07, 6.45) is 0. The molecule has 102 valence electrons. The van der Waals surface area contributed by atoms with Crippen LogP contribution >= 0.6 is 0 Å². The van der Waals surface area contributed by atoms with E-state index in [1.165, 1.54) is 0 Å². The van der Waals surface area contributed by atoms with Crippen molar-refractivity contribution in [2.24, 2.45) is 0 Å². The van der Waals surface area contributed by atoms with Gasteiger partial charge in [0.25, 0.3) is 0 Å². The topological polar surface area (TPSA) is 55.8 Å². The summed E-state index contributed by atoms with van der Waals surface area (Å²) >= 11 is 0. The molecule has 0 amide bonds. The first kappa shape index (κ1) is 16.4. The van der Waals surface area contributed by atoms with Crippen LogP contribution in [0.4, 0.5) is 0 Å². The number of hydrogen-bond donors (Lipinski definition) is 0.